The summed E-state index contributed by atoms with van der Waals surface area (Å²) < 4.78 is 27.3. The molecule has 17 heteroatoms. The molecule has 4 aromatic rings. The van der Waals surface area contributed by atoms with Crippen LogP contribution in [0.1, 0.15) is 111 Å². The van der Waals surface area contributed by atoms with Gasteiger partial charge in [-0.1, -0.05) is 37.3 Å². The molecular weight excluding hydrogens is 840 g/mol. The number of aromatic nitrogens is 2. The lowest BCUT2D eigenvalue weighted by Gasteiger charge is -2.31. The third-order valence-electron chi connectivity index (χ3n) is 12.3. The zero-order chi connectivity index (χ0) is 46.8. The second kappa shape index (κ2) is 19.0. The molecule has 0 radical (unpaired) electrons. The van der Waals surface area contributed by atoms with Crippen LogP contribution in [0.25, 0.3) is 22.3 Å². The fraction of sp³-hybridized carbons (Fsp3) is 0.458. The summed E-state index contributed by atoms with van der Waals surface area (Å²) in [4.78, 5) is 95.4. The Balaban J connectivity index is 0.982. The zero-order valence-corrected chi connectivity index (χ0v) is 37.3. The lowest BCUT2D eigenvalue weighted by molar-refractivity contribution is -0.172. The topological polar surface area (TPSA) is 224 Å². The Morgan fingerprint density at radius 1 is 0.985 bits per heavy atom. The van der Waals surface area contributed by atoms with E-state index in [2.05, 4.69) is 21.3 Å². The molecule has 3 amide bonds. The number of hydrogen-bond acceptors (Lipinski definition) is 12. The van der Waals surface area contributed by atoms with Gasteiger partial charge in [-0.25, -0.2) is 19.0 Å². The van der Waals surface area contributed by atoms with E-state index in [-0.39, 0.29) is 99.4 Å². The van der Waals surface area contributed by atoms with Crippen LogP contribution in [0.2, 0.25) is 0 Å². The van der Waals surface area contributed by atoms with Crippen LogP contribution in [0, 0.1) is 12.7 Å². The number of esters is 1. The van der Waals surface area contributed by atoms with Gasteiger partial charge in [-0.2, -0.15) is 0 Å². The number of pyridine rings is 2. The van der Waals surface area contributed by atoms with Crippen molar-refractivity contribution >= 4 is 46.3 Å². The highest BCUT2D eigenvalue weighted by molar-refractivity contribution is 5.94. The minimum atomic E-state index is -2.00. The van der Waals surface area contributed by atoms with Crippen LogP contribution in [0.3, 0.4) is 0 Å². The van der Waals surface area contributed by atoms with Gasteiger partial charge in [0.05, 0.1) is 41.6 Å². The van der Waals surface area contributed by atoms with Gasteiger partial charge >= 0.3 is 12.1 Å². The van der Waals surface area contributed by atoms with Gasteiger partial charge in [0.2, 0.25) is 11.8 Å². The summed E-state index contributed by atoms with van der Waals surface area (Å²) in [5.74, 6) is -2.85. The second-order valence-corrected chi connectivity index (χ2v) is 17.9. The number of cyclic esters (lactones) is 1. The highest BCUT2D eigenvalue weighted by Gasteiger charge is 2.46. The number of nitrogens with one attached hydrogen (secondary N) is 4. The van der Waals surface area contributed by atoms with Crippen molar-refractivity contribution in [3.05, 3.63) is 97.6 Å². The molecule has 0 unspecified atom stereocenters. The molecule has 4 heterocycles. The van der Waals surface area contributed by atoms with E-state index in [0.29, 0.717) is 41.9 Å². The molecule has 0 saturated carbocycles. The third-order valence-corrected chi connectivity index (χ3v) is 12.3. The number of carbonyl (C=O) groups excluding carboxylic acids is 6. The molecule has 65 heavy (non-hydrogen) atoms. The SMILES string of the molecule is CC[C@@]1(O)C(=O)OCc2c1cc1n(c2=O)Cc2c-1nc1cc(F)c(C)c3c1c2[C@@H](NCCNC(=O)CCC(=O)[C@H](Cc1ccccc1)NC(=O)CCC(=O)CNC(=O)OC(C)(C)C)CC3. The summed E-state index contributed by atoms with van der Waals surface area (Å²) in [5, 5.41) is 23.7. The van der Waals surface area contributed by atoms with Crippen LogP contribution in [0.4, 0.5) is 9.18 Å². The number of benzene rings is 2. The van der Waals surface area contributed by atoms with Gasteiger partial charge in [-0.15, -0.1) is 0 Å². The number of aryl methyl sites for hydroxylation is 1. The monoisotopic (exact) mass is 894 g/mol. The van der Waals surface area contributed by atoms with Gasteiger partial charge in [0.1, 0.15) is 18.0 Å². The molecule has 2 aromatic heterocycles. The molecule has 0 bridgehead atoms. The molecule has 0 saturated heterocycles. The average Bonchev–Trinajstić information content (AvgIpc) is 3.64. The number of carbonyl (C=O) groups is 6. The number of fused-ring (bicyclic) bond motifs is 5. The third kappa shape index (κ3) is 10.0. The van der Waals surface area contributed by atoms with Gasteiger partial charge in [-0.05, 0) is 81.7 Å². The Labute approximate surface area is 375 Å². The lowest BCUT2D eigenvalue weighted by atomic mass is 9.81. The van der Waals surface area contributed by atoms with Crippen LogP contribution in [0.15, 0.2) is 47.3 Å². The van der Waals surface area contributed by atoms with Crippen molar-refractivity contribution < 1.29 is 47.7 Å². The maximum atomic E-state index is 15.3. The van der Waals surface area contributed by atoms with Crippen LogP contribution >= 0.6 is 0 Å². The molecule has 0 fully saturated rings. The molecule has 344 valence electrons. The van der Waals surface area contributed by atoms with Crippen LogP contribution in [-0.2, 0) is 65.0 Å². The second-order valence-electron chi connectivity index (χ2n) is 17.9. The Bertz CT molecular complexity index is 2640. The van der Waals surface area contributed by atoms with Crippen molar-refractivity contribution in [2.24, 2.45) is 0 Å². The number of alkyl carbamates (subject to hydrolysis) is 1. The lowest BCUT2D eigenvalue weighted by Crippen LogP contribution is -2.44. The number of rotatable bonds is 17. The van der Waals surface area contributed by atoms with Crippen molar-refractivity contribution in [3.8, 4) is 11.4 Å². The molecule has 3 aliphatic rings. The van der Waals surface area contributed by atoms with Gasteiger partial charge in [0.15, 0.2) is 17.2 Å². The van der Waals surface area contributed by atoms with E-state index in [1.54, 1.807) is 45.3 Å². The highest BCUT2D eigenvalue weighted by atomic mass is 19.1. The molecule has 5 N–H and O–H groups in total. The minimum absolute atomic E-state index is 0.00495. The molecule has 16 nitrogen and oxygen atoms in total. The summed E-state index contributed by atoms with van der Waals surface area (Å²) in [7, 11) is 0. The van der Waals surface area contributed by atoms with Crippen LogP contribution in [0.5, 0.6) is 0 Å². The maximum Gasteiger partial charge on any atom is 0.408 e. The van der Waals surface area contributed by atoms with Crippen LogP contribution in [-0.4, -0.2) is 81.4 Å². The zero-order valence-electron chi connectivity index (χ0n) is 37.3. The van der Waals surface area contributed by atoms with Crippen molar-refractivity contribution in [3.63, 3.8) is 0 Å². The summed E-state index contributed by atoms with van der Waals surface area (Å²) in [6, 6.07) is 10.9. The molecule has 0 spiro atoms. The van der Waals surface area contributed by atoms with E-state index in [1.165, 1.54) is 6.07 Å². The first-order valence-electron chi connectivity index (χ1n) is 22.0. The maximum absolute atomic E-state index is 15.3. The first kappa shape index (κ1) is 46.7. The van der Waals surface area contributed by atoms with Crippen molar-refractivity contribution in [1.29, 1.82) is 0 Å². The van der Waals surface area contributed by atoms with E-state index in [4.69, 9.17) is 14.5 Å². The smallest absolute Gasteiger partial charge is 0.408 e. The minimum Gasteiger partial charge on any atom is -0.458 e. The van der Waals surface area contributed by atoms with E-state index in [1.807, 2.05) is 30.3 Å². The number of Topliss-reactive ketones (excluding diaryl/α,β-unsaturated/α-hetero) is 2. The Morgan fingerprint density at radius 3 is 2.45 bits per heavy atom. The molecule has 1 aliphatic carbocycles. The molecule has 3 atom stereocenters. The van der Waals surface area contributed by atoms with Crippen molar-refractivity contribution in [2.45, 2.75) is 122 Å². The Kier molecular flexibility index (Phi) is 13.7. The quantitative estimate of drug-likeness (QED) is 0.0656. The van der Waals surface area contributed by atoms with Gasteiger partial charge < -0.3 is 40.4 Å². The number of halogens is 1. The molecule has 2 aromatic carbocycles. The first-order chi connectivity index (χ1) is 30.9. The Morgan fingerprint density at radius 2 is 1.72 bits per heavy atom. The number of aliphatic hydroxyl groups is 1. The standard InChI is InChI=1S/C48H55FN6O10/c1-6-48(63)32-21-37-43-30(24-55(37)44(60)31(32)25-64-45(48)61)42-34(14-13-29-26(2)33(49)22-36(54-43)41(29)42)50-18-19-51-39(58)17-15-38(57)35(20-27-10-8-7-9-11-27)53-40(59)16-12-28(56)23-52-46(62)65-47(3,4)5/h7-11,21-22,34-35,50,63H,6,12-20,23-25H2,1-5H3,(H,51,58)(H,52,62)(H,53,59)/t34-,35-,48-/m0/s1. The summed E-state index contributed by atoms with van der Waals surface area (Å²) in [6.07, 6.45) is -0.0541. The predicted molar refractivity (Wildman–Crippen MR) is 236 cm³/mol. The number of hydrogen-bond donors (Lipinski definition) is 5. The fourth-order valence-electron chi connectivity index (χ4n) is 8.89. The van der Waals surface area contributed by atoms with E-state index in [9.17, 15) is 38.7 Å². The number of nitrogens with zero attached hydrogens (tertiary/aromatic N) is 2. The first-order valence-corrected chi connectivity index (χ1v) is 22.0. The number of ketones is 2. The fourth-order valence-corrected chi connectivity index (χ4v) is 8.89. The number of ether oxygens (including phenoxy) is 2. The van der Waals surface area contributed by atoms with E-state index < -0.39 is 46.6 Å². The highest BCUT2D eigenvalue weighted by Crippen LogP contribution is 2.46. The van der Waals surface area contributed by atoms with Gasteiger partial charge in [0, 0.05) is 67.4 Å². The predicted octanol–water partition coefficient (Wildman–Crippen LogP) is 4.17. The number of amides is 3. The van der Waals surface area contributed by atoms with Crippen LogP contribution < -0.4 is 26.8 Å². The van der Waals surface area contributed by atoms with Crippen molar-refractivity contribution in [2.75, 3.05) is 19.6 Å². The molecule has 2 aliphatic heterocycles. The van der Waals surface area contributed by atoms with E-state index in [0.717, 1.165) is 27.6 Å². The summed E-state index contributed by atoms with van der Waals surface area (Å²) >= 11 is 0. The summed E-state index contributed by atoms with van der Waals surface area (Å²) in [6.45, 7) is 8.60. The van der Waals surface area contributed by atoms with E-state index >= 15 is 4.39 Å². The average molecular weight is 895 g/mol. The largest absolute Gasteiger partial charge is 0.458 e. The Hall–Kier alpha value is -6.33. The van der Waals surface area contributed by atoms with Gasteiger partial charge in [0.25, 0.3) is 5.56 Å². The summed E-state index contributed by atoms with van der Waals surface area (Å²) in [5.41, 5.74) is 2.37. The normalized spacial score (nSPS) is 17.6. The molecular formula is C48H55FN6O10. The van der Waals surface area contributed by atoms with Crippen molar-refractivity contribution in [1.82, 2.24) is 30.8 Å². The van der Waals surface area contributed by atoms with Gasteiger partial charge in [-0.3, -0.25) is 24.0 Å². The molecule has 7 rings (SSSR count).